The third-order valence-electron chi connectivity index (χ3n) is 5.58. The van der Waals surface area contributed by atoms with Crippen molar-refractivity contribution in [1.82, 2.24) is 19.6 Å². The molecule has 0 saturated carbocycles. The minimum absolute atomic E-state index is 0.229. The lowest BCUT2D eigenvalue weighted by atomic mass is 10.2. The van der Waals surface area contributed by atoms with E-state index >= 15 is 0 Å². The van der Waals surface area contributed by atoms with Gasteiger partial charge in [-0.3, -0.25) is 38.8 Å². The molecule has 12 nitrogen and oxygen atoms in total. The van der Waals surface area contributed by atoms with Gasteiger partial charge in [0.05, 0.1) is 26.2 Å². The molecule has 0 amide bonds. The summed E-state index contributed by atoms with van der Waals surface area (Å²) < 4.78 is 0. The van der Waals surface area contributed by atoms with Gasteiger partial charge in [-0.25, -0.2) is 0 Å². The lowest BCUT2D eigenvalue weighted by Crippen LogP contribution is -2.49. The van der Waals surface area contributed by atoms with Crippen molar-refractivity contribution in [1.29, 1.82) is 0 Å². The van der Waals surface area contributed by atoms with Gasteiger partial charge in [-0.2, -0.15) is 0 Å². The van der Waals surface area contributed by atoms with Gasteiger partial charge < -0.3 is 20.4 Å². The molecule has 0 spiro atoms. The monoisotopic (exact) mass is 540 g/mol. The highest BCUT2D eigenvalue weighted by Gasteiger charge is 2.20. The minimum atomic E-state index is -1.02. The summed E-state index contributed by atoms with van der Waals surface area (Å²) in [5.74, 6) is -4.08. The normalized spacial score (nSPS) is 16.4. The van der Waals surface area contributed by atoms with Gasteiger partial charge in [0.1, 0.15) is 0 Å². The molecule has 0 unspecified atom stereocenters. The van der Waals surface area contributed by atoms with E-state index in [1.165, 1.54) is 11.1 Å². The molecule has 216 valence electrons. The smallest absolute Gasteiger partial charge is 0.317 e. The molecule has 1 saturated heterocycles. The van der Waals surface area contributed by atoms with Gasteiger partial charge in [0.2, 0.25) is 0 Å². The van der Waals surface area contributed by atoms with Crippen molar-refractivity contribution < 1.29 is 39.6 Å². The SMILES string of the molecule is CC.Cc1ccc(C)cc1.O=C(O)CN1CCN(CC(=O)O)CCN(CC(=O)O)CCN(CC(=O)O)CC1. The molecule has 0 aromatic heterocycles. The Morgan fingerprint density at radius 2 is 0.658 bits per heavy atom. The van der Waals surface area contributed by atoms with Gasteiger partial charge in [0.25, 0.3) is 0 Å². The Bertz CT molecular complexity index is 717. The van der Waals surface area contributed by atoms with Crippen LogP contribution in [0.15, 0.2) is 24.3 Å². The summed E-state index contributed by atoms with van der Waals surface area (Å²) >= 11 is 0. The molecule has 1 heterocycles. The van der Waals surface area contributed by atoms with E-state index in [2.05, 4.69) is 38.1 Å². The predicted molar refractivity (Wildman–Crippen MR) is 144 cm³/mol. The summed E-state index contributed by atoms with van der Waals surface area (Å²) in [4.78, 5) is 50.9. The van der Waals surface area contributed by atoms with Crippen LogP contribution in [0.25, 0.3) is 0 Å². The molecule has 12 heteroatoms. The van der Waals surface area contributed by atoms with Gasteiger partial charge in [0.15, 0.2) is 0 Å². The van der Waals surface area contributed by atoms with Crippen molar-refractivity contribution in [3.05, 3.63) is 35.4 Å². The van der Waals surface area contributed by atoms with E-state index in [0.717, 1.165) is 0 Å². The zero-order chi connectivity index (χ0) is 29.1. The molecule has 1 aromatic rings. The average Bonchev–Trinajstić information content (AvgIpc) is 2.83. The van der Waals surface area contributed by atoms with Crippen molar-refractivity contribution in [2.75, 3.05) is 78.5 Å². The Balaban J connectivity index is 0.00000114. The number of aryl methyl sites for hydroxylation is 2. The maximum absolute atomic E-state index is 11.1. The van der Waals surface area contributed by atoms with E-state index in [9.17, 15) is 19.2 Å². The number of aliphatic carboxylic acids is 4. The first-order valence-electron chi connectivity index (χ1n) is 12.7. The van der Waals surface area contributed by atoms with Crippen molar-refractivity contribution in [2.45, 2.75) is 27.7 Å². The van der Waals surface area contributed by atoms with Gasteiger partial charge in [0, 0.05) is 52.4 Å². The van der Waals surface area contributed by atoms with Crippen LogP contribution >= 0.6 is 0 Å². The van der Waals surface area contributed by atoms with Crippen molar-refractivity contribution in [2.24, 2.45) is 0 Å². The van der Waals surface area contributed by atoms with Crippen LogP contribution in [-0.2, 0) is 19.2 Å². The summed E-state index contributed by atoms with van der Waals surface area (Å²) in [7, 11) is 0. The molecule has 4 N–H and O–H groups in total. The second kappa shape index (κ2) is 20.0. The molecule has 0 bridgehead atoms. The third-order valence-corrected chi connectivity index (χ3v) is 5.58. The number of rotatable bonds is 8. The largest absolute Gasteiger partial charge is 0.480 e. The van der Waals surface area contributed by atoms with E-state index in [1.807, 2.05) is 13.8 Å². The first-order chi connectivity index (χ1) is 17.9. The van der Waals surface area contributed by atoms with E-state index < -0.39 is 23.9 Å². The van der Waals surface area contributed by atoms with Crippen LogP contribution in [0.2, 0.25) is 0 Å². The first-order valence-corrected chi connectivity index (χ1v) is 12.7. The number of benzene rings is 1. The number of carboxylic acid groups (broad SMARTS) is 4. The van der Waals surface area contributed by atoms with Crippen LogP contribution < -0.4 is 0 Å². The molecule has 2 rings (SSSR count). The van der Waals surface area contributed by atoms with Gasteiger partial charge in [-0.15, -0.1) is 0 Å². The summed E-state index contributed by atoms with van der Waals surface area (Å²) in [6.45, 7) is 9.72. The second-order valence-electron chi connectivity index (χ2n) is 8.83. The fourth-order valence-electron chi connectivity index (χ4n) is 3.61. The molecular formula is C26H44N4O8. The second-order valence-corrected chi connectivity index (χ2v) is 8.83. The average molecular weight is 541 g/mol. The summed E-state index contributed by atoms with van der Waals surface area (Å²) in [6.07, 6.45) is 0. The van der Waals surface area contributed by atoms with Gasteiger partial charge in [-0.05, 0) is 13.8 Å². The van der Waals surface area contributed by atoms with Crippen molar-refractivity contribution in [3.8, 4) is 0 Å². The Kier molecular flexibility index (Phi) is 18.4. The Morgan fingerprint density at radius 3 is 0.789 bits per heavy atom. The van der Waals surface area contributed by atoms with E-state index in [4.69, 9.17) is 20.4 Å². The summed E-state index contributed by atoms with van der Waals surface area (Å²) in [5.41, 5.74) is 2.66. The fourth-order valence-corrected chi connectivity index (χ4v) is 3.61. The van der Waals surface area contributed by atoms with Crippen LogP contribution in [-0.4, -0.2) is 142 Å². The molecule has 38 heavy (non-hydrogen) atoms. The number of nitrogens with zero attached hydrogens (tertiary/aromatic N) is 4. The maximum atomic E-state index is 11.1. The van der Waals surface area contributed by atoms with Gasteiger partial charge >= 0.3 is 23.9 Å². The van der Waals surface area contributed by atoms with Crippen LogP contribution in [0.5, 0.6) is 0 Å². The minimum Gasteiger partial charge on any atom is -0.480 e. The van der Waals surface area contributed by atoms with Crippen LogP contribution in [0.4, 0.5) is 0 Å². The quantitative estimate of drug-likeness (QED) is 0.369. The maximum Gasteiger partial charge on any atom is 0.317 e. The molecule has 1 aromatic carbocycles. The predicted octanol–water partition coefficient (Wildman–Crippen LogP) is 0.876. The fraction of sp³-hybridized carbons (Fsp3) is 0.615. The van der Waals surface area contributed by atoms with Crippen LogP contribution in [0.1, 0.15) is 25.0 Å². The van der Waals surface area contributed by atoms with Crippen LogP contribution in [0, 0.1) is 13.8 Å². The molecule has 0 atom stereocenters. The standard InChI is InChI=1S/C16H28N4O8.C8H10.C2H6/c21-13(22)9-17-1-2-18(10-14(23)24)5-6-20(12-16(27)28)8-7-19(4-3-17)11-15(25)26;1-7-3-5-8(2)6-4-7;1-2/h1-12H2,(H,21,22)(H,23,24)(H,25,26)(H,27,28);3-6H,1-2H3;1-2H3. The van der Waals surface area contributed by atoms with Crippen molar-refractivity contribution >= 4 is 23.9 Å². The molecular weight excluding hydrogens is 496 g/mol. The zero-order valence-corrected chi connectivity index (χ0v) is 23.0. The highest BCUT2D eigenvalue weighted by molar-refractivity contribution is 5.70. The van der Waals surface area contributed by atoms with Crippen molar-refractivity contribution in [3.63, 3.8) is 0 Å². The van der Waals surface area contributed by atoms with E-state index in [0.29, 0.717) is 52.4 Å². The molecule has 0 radical (unpaired) electrons. The Labute approximate surface area is 225 Å². The molecule has 0 aliphatic carbocycles. The van der Waals surface area contributed by atoms with E-state index in [1.54, 1.807) is 19.6 Å². The molecule has 1 fully saturated rings. The first kappa shape index (κ1) is 34.9. The number of carbonyl (C=O) groups is 4. The molecule has 1 aliphatic heterocycles. The van der Waals surface area contributed by atoms with Crippen LogP contribution in [0.3, 0.4) is 0 Å². The lowest BCUT2D eigenvalue weighted by molar-refractivity contribution is -0.141. The Morgan fingerprint density at radius 1 is 0.500 bits per heavy atom. The number of hydrogen-bond donors (Lipinski definition) is 4. The third kappa shape index (κ3) is 18.2. The summed E-state index contributed by atoms with van der Waals surface area (Å²) in [5, 5.41) is 36.3. The van der Waals surface area contributed by atoms with Gasteiger partial charge in [-0.1, -0.05) is 49.2 Å². The number of carboxylic acids is 4. The zero-order valence-electron chi connectivity index (χ0n) is 23.0. The topological polar surface area (TPSA) is 162 Å². The highest BCUT2D eigenvalue weighted by atomic mass is 16.4. The lowest BCUT2D eigenvalue weighted by Gasteiger charge is -2.32. The Hall–Kier alpha value is -3.06. The van der Waals surface area contributed by atoms with E-state index in [-0.39, 0.29) is 26.2 Å². The molecule has 1 aliphatic rings. The highest BCUT2D eigenvalue weighted by Crippen LogP contribution is 2.02. The summed E-state index contributed by atoms with van der Waals surface area (Å²) in [6, 6.07) is 8.48. The number of hydrogen-bond acceptors (Lipinski definition) is 8.